The molecule has 1 rings (SSSR count). The van der Waals surface area contributed by atoms with Gasteiger partial charge in [0.15, 0.2) is 9.84 Å². The van der Waals surface area contributed by atoms with Crippen molar-refractivity contribution in [3.05, 3.63) is 34.9 Å². The van der Waals surface area contributed by atoms with Crippen LogP contribution in [0.15, 0.2) is 29.4 Å². The standard InChI is InChI=1S/C10H12ClNO4S/c1-17(15,16)9(6-13)10(12-14)7-3-2-4-8(11)5-7/h2-5,9,13-14H,6H2,1H3/b12-10-/t9-/m0/s1. The van der Waals surface area contributed by atoms with Gasteiger partial charge in [0.2, 0.25) is 0 Å². The fourth-order valence-corrected chi connectivity index (χ4v) is 2.43. The number of oxime groups is 1. The van der Waals surface area contributed by atoms with Gasteiger partial charge in [0.25, 0.3) is 0 Å². The van der Waals surface area contributed by atoms with Crippen LogP contribution in [-0.2, 0) is 9.84 Å². The highest BCUT2D eigenvalue weighted by Gasteiger charge is 2.27. The molecular formula is C10H12ClNO4S. The predicted molar refractivity (Wildman–Crippen MR) is 65.5 cm³/mol. The lowest BCUT2D eigenvalue weighted by Gasteiger charge is -2.14. The zero-order valence-electron chi connectivity index (χ0n) is 9.04. The van der Waals surface area contributed by atoms with Gasteiger partial charge in [-0.15, -0.1) is 0 Å². The van der Waals surface area contributed by atoms with Crippen LogP contribution in [0, 0.1) is 0 Å². The van der Waals surface area contributed by atoms with Gasteiger partial charge in [-0.05, 0) is 12.1 Å². The van der Waals surface area contributed by atoms with Crippen molar-refractivity contribution in [2.75, 3.05) is 12.9 Å². The third kappa shape index (κ3) is 3.42. The first-order valence-corrected chi connectivity index (χ1v) is 7.01. The molecule has 17 heavy (non-hydrogen) atoms. The van der Waals surface area contributed by atoms with Crippen LogP contribution in [0.1, 0.15) is 5.56 Å². The summed E-state index contributed by atoms with van der Waals surface area (Å²) >= 11 is 5.76. The van der Waals surface area contributed by atoms with Crippen molar-refractivity contribution in [3.63, 3.8) is 0 Å². The molecule has 2 N–H and O–H groups in total. The Morgan fingerprint density at radius 2 is 2.18 bits per heavy atom. The molecular weight excluding hydrogens is 266 g/mol. The molecule has 0 heterocycles. The van der Waals surface area contributed by atoms with Gasteiger partial charge >= 0.3 is 0 Å². The number of aliphatic hydroxyl groups is 1. The van der Waals surface area contributed by atoms with E-state index in [1.165, 1.54) is 6.07 Å². The van der Waals surface area contributed by atoms with Crippen molar-refractivity contribution < 1.29 is 18.7 Å². The summed E-state index contributed by atoms with van der Waals surface area (Å²) in [5.74, 6) is 0. The molecule has 0 amide bonds. The van der Waals surface area contributed by atoms with E-state index in [4.69, 9.17) is 21.9 Å². The molecule has 1 aromatic rings. The molecule has 0 aliphatic carbocycles. The predicted octanol–water partition coefficient (Wildman–Crippen LogP) is 0.924. The van der Waals surface area contributed by atoms with Gasteiger partial charge in [0, 0.05) is 16.8 Å². The zero-order valence-corrected chi connectivity index (χ0v) is 10.6. The van der Waals surface area contributed by atoms with Crippen LogP contribution < -0.4 is 0 Å². The van der Waals surface area contributed by atoms with Gasteiger partial charge in [0.1, 0.15) is 11.0 Å². The Kier molecular flexibility index (Phi) is 4.50. The lowest BCUT2D eigenvalue weighted by Crippen LogP contribution is -2.33. The minimum Gasteiger partial charge on any atom is -0.411 e. The van der Waals surface area contributed by atoms with Crippen LogP contribution >= 0.6 is 11.6 Å². The van der Waals surface area contributed by atoms with Crippen molar-refractivity contribution in [3.8, 4) is 0 Å². The number of halogens is 1. The normalized spacial score (nSPS) is 14.6. The number of hydrogen-bond acceptors (Lipinski definition) is 5. The van der Waals surface area contributed by atoms with Gasteiger partial charge < -0.3 is 10.3 Å². The van der Waals surface area contributed by atoms with Crippen molar-refractivity contribution in [2.45, 2.75) is 5.25 Å². The average Bonchev–Trinajstić information content (AvgIpc) is 2.23. The van der Waals surface area contributed by atoms with Crippen LogP contribution in [0.5, 0.6) is 0 Å². The Morgan fingerprint density at radius 3 is 2.59 bits per heavy atom. The van der Waals surface area contributed by atoms with Crippen LogP contribution in [0.4, 0.5) is 0 Å². The number of hydrogen-bond donors (Lipinski definition) is 2. The monoisotopic (exact) mass is 277 g/mol. The van der Waals surface area contributed by atoms with Crippen LogP contribution in [-0.4, -0.2) is 42.6 Å². The molecule has 7 heteroatoms. The first-order valence-electron chi connectivity index (χ1n) is 4.67. The van der Waals surface area contributed by atoms with E-state index in [1.807, 2.05) is 0 Å². The zero-order chi connectivity index (χ0) is 13.1. The minimum atomic E-state index is -3.57. The first kappa shape index (κ1) is 14.0. The lowest BCUT2D eigenvalue weighted by molar-refractivity contribution is 0.296. The second-order valence-corrected chi connectivity index (χ2v) is 6.16. The third-order valence-electron chi connectivity index (χ3n) is 2.22. The number of nitrogens with zero attached hydrogens (tertiary/aromatic N) is 1. The average molecular weight is 278 g/mol. The quantitative estimate of drug-likeness (QED) is 0.487. The fourth-order valence-electron chi connectivity index (χ4n) is 1.38. The number of aliphatic hydroxyl groups excluding tert-OH is 1. The Morgan fingerprint density at radius 1 is 1.53 bits per heavy atom. The van der Waals surface area contributed by atoms with E-state index in [0.29, 0.717) is 10.6 Å². The molecule has 0 radical (unpaired) electrons. The summed E-state index contributed by atoms with van der Waals surface area (Å²) in [6.45, 7) is -0.662. The summed E-state index contributed by atoms with van der Waals surface area (Å²) in [6, 6.07) is 6.22. The maximum absolute atomic E-state index is 11.4. The topological polar surface area (TPSA) is 87.0 Å². The van der Waals surface area contributed by atoms with Crippen LogP contribution in [0.25, 0.3) is 0 Å². The Hall–Kier alpha value is -1.11. The molecule has 0 fully saturated rings. The smallest absolute Gasteiger partial charge is 0.158 e. The fraction of sp³-hybridized carbons (Fsp3) is 0.300. The molecule has 0 bridgehead atoms. The molecule has 94 valence electrons. The highest BCUT2D eigenvalue weighted by atomic mass is 35.5. The van der Waals surface area contributed by atoms with E-state index in [9.17, 15) is 8.42 Å². The molecule has 0 aliphatic heterocycles. The molecule has 1 aromatic carbocycles. The van der Waals surface area contributed by atoms with E-state index < -0.39 is 21.7 Å². The van der Waals surface area contributed by atoms with Crippen molar-refractivity contribution in [1.29, 1.82) is 0 Å². The van der Waals surface area contributed by atoms with Crippen molar-refractivity contribution in [1.82, 2.24) is 0 Å². The molecule has 0 unspecified atom stereocenters. The molecule has 0 saturated heterocycles. The molecule has 0 aromatic heterocycles. The molecule has 0 aliphatic rings. The summed E-state index contributed by atoms with van der Waals surface area (Å²) in [5, 5.41) is 20.1. The van der Waals surface area contributed by atoms with E-state index in [-0.39, 0.29) is 5.71 Å². The molecule has 0 spiro atoms. The number of rotatable bonds is 4. The minimum absolute atomic E-state index is 0.127. The van der Waals surface area contributed by atoms with E-state index in [2.05, 4.69) is 5.16 Å². The van der Waals surface area contributed by atoms with Gasteiger partial charge in [-0.3, -0.25) is 0 Å². The van der Waals surface area contributed by atoms with Gasteiger partial charge in [-0.1, -0.05) is 28.9 Å². The first-order chi connectivity index (χ1) is 7.90. The second kappa shape index (κ2) is 5.48. The second-order valence-electron chi connectivity index (χ2n) is 3.50. The maximum atomic E-state index is 11.4. The van der Waals surface area contributed by atoms with Crippen LogP contribution in [0.2, 0.25) is 5.02 Å². The third-order valence-corrected chi connectivity index (χ3v) is 3.86. The lowest BCUT2D eigenvalue weighted by atomic mass is 10.1. The van der Waals surface area contributed by atoms with E-state index >= 15 is 0 Å². The number of sulfone groups is 1. The largest absolute Gasteiger partial charge is 0.411 e. The van der Waals surface area contributed by atoms with Gasteiger partial charge in [-0.25, -0.2) is 8.42 Å². The summed E-state index contributed by atoms with van der Waals surface area (Å²) in [7, 11) is -3.57. The molecule has 0 saturated carbocycles. The SMILES string of the molecule is CS(=O)(=O)[C@@H](CO)/C(=N\O)c1cccc(Cl)c1. The van der Waals surface area contributed by atoms with Gasteiger partial charge in [0.05, 0.1) is 6.61 Å². The van der Waals surface area contributed by atoms with Crippen LogP contribution in [0.3, 0.4) is 0 Å². The molecule has 5 nitrogen and oxygen atoms in total. The summed E-state index contributed by atoms with van der Waals surface area (Å²) < 4.78 is 22.9. The maximum Gasteiger partial charge on any atom is 0.158 e. The van der Waals surface area contributed by atoms with E-state index in [0.717, 1.165) is 6.26 Å². The summed E-state index contributed by atoms with van der Waals surface area (Å²) in [5.41, 5.74) is 0.224. The van der Waals surface area contributed by atoms with Crippen molar-refractivity contribution in [2.24, 2.45) is 5.16 Å². The Balaban J connectivity index is 3.25. The van der Waals surface area contributed by atoms with Crippen molar-refractivity contribution >= 4 is 27.1 Å². The van der Waals surface area contributed by atoms with E-state index in [1.54, 1.807) is 18.2 Å². The molecule has 1 atom stereocenters. The number of benzene rings is 1. The highest BCUT2D eigenvalue weighted by molar-refractivity contribution is 7.92. The highest BCUT2D eigenvalue weighted by Crippen LogP contribution is 2.15. The summed E-state index contributed by atoms with van der Waals surface area (Å²) in [6.07, 6.45) is 0.962. The van der Waals surface area contributed by atoms with Gasteiger partial charge in [-0.2, -0.15) is 0 Å². The Bertz CT molecular complexity index is 527. The Labute approximate surface area is 104 Å². The summed E-state index contributed by atoms with van der Waals surface area (Å²) in [4.78, 5) is 0.